The molecule has 0 fully saturated rings. The SMILES string of the molecule is Cc1cc(S(F)(F)(F)(F)F)cc2c1O[C@H](C(F)(F)F)C(C(=O)OC(C)Cl)=C2. The first-order chi connectivity index (χ1) is 11.8. The Kier molecular flexibility index (Phi) is 4.53. The Morgan fingerprint density at radius 2 is 1.78 bits per heavy atom. The van der Waals surface area contributed by atoms with Gasteiger partial charge in [0.2, 0.25) is 6.10 Å². The minimum Gasteiger partial charge on any atom is -0.475 e. The summed E-state index contributed by atoms with van der Waals surface area (Å²) in [5, 5.41) is 0. The Morgan fingerprint density at radius 1 is 1.22 bits per heavy atom. The zero-order valence-electron chi connectivity index (χ0n) is 13.4. The van der Waals surface area contributed by atoms with E-state index in [1.165, 1.54) is 0 Å². The van der Waals surface area contributed by atoms with Crippen LogP contribution in [0.2, 0.25) is 0 Å². The molecular formula is C14H11ClF8O3S. The molecule has 13 heteroatoms. The summed E-state index contributed by atoms with van der Waals surface area (Å²) in [6, 6.07) is -0.0836. The second-order valence-corrected chi connectivity index (χ2v) is 8.74. The number of halogens is 9. The summed E-state index contributed by atoms with van der Waals surface area (Å²) in [6.07, 6.45) is -7.63. The average molecular weight is 447 g/mol. The van der Waals surface area contributed by atoms with E-state index in [0.29, 0.717) is 6.08 Å². The van der Waals surface area contributed by atoms with Gasteiger partial charge in [0, 0.05) is 5.56 Å². The molecule has 1 aliphatic heterocycles. The number of hydrogen-bond acceptors (Lipinski definition) is 3. The maximum atomic E-state index is 13.2. The maximum Gasteiger partial charge on any atom is 0.430 e. The average Bonchev–Trinajstić information content (AvgIpc) is 2.41. The lowest BCUT2D eigenvalue weighted by Gasteiger charge is -2.41. The molecule has 0 saturated heterocycles. The van der Waals surface area contributed by atoms with E-state index >= 15 is 0 Å². The Balaban J connectivity index is 2.70. The lowest BCUT2D eigenvalue weighted by molar-refractivity contribution is -0.188. The lowest BCUT2D eigenvalue weighted by Crippen LogP contribution is -2.41. The summed E-state index contributed by atoms with van der Waals surface area (Å²) < 4.78 is 114. The van der Waals surface area contributed by atoms with Crippen molar-refractivity contribution >= 4 is 33.9 Å². The number of esters is 1. The van der Waals surface area contributed by atoms with Crippen LogP contribution in [0.1, 0.15) is 18.1 Å². The van der Waals surface area contributed by atoms with Crippen LogP contribution in [0.15, 0.2) is 22.6 Å². The van der Waals surface area contributed by atoms with E-state index in [4.69, 9.17) is 11.6 Å². The topological polar surface area (TPSA) is 35.5 Å². The Morgan fingerprint density at radius 3 is 2.22 bits per heavy atom. The molecule has 0 saturated carbocycles. The van der Waals surface area contributed by atoms with Gasteiger partial charge in [-0.25, -0.2) is 4.79 Å². The zero-order valence-corrected chi connectivity index (χ0v) is 15.0. The van der Waals surface area contributed by atoms with Gasteiger partial charge in [-0.3, -0.25) is 0 Å². The molecule has 1 unspecified atom stereocenters. The highest BCUT2D eigenvalue weighted by atomic mass is 35.5. The van der Waals surface area contributed by atoms with E-state index in [1.54, 1.807) is 0 Å². The summed E-state index contributed by atoms with van der Waals surface area (Å²) in [4.78, 5) is 9.53. The first-order valence-corrected chi connectivity index (χ1v) is 9.37. The van der Waals surface area contributed by atoms with Gasteiger partial charge in [0.05, 0.1) is 5.57 Å². The fourth-order valence-electron chi connectivity index (χ4n) is 2.31. The number of alkyl halides is 4. The minimum atomic E-state index is -10.1. The molecule has 27 heavy (non-hydrogen) atoms. The molecule has 0 aromatic heterocycles. The van der Waals surface area contributed by atoms with Crippen molar-refractivity contribution in [1.82, 2.24) is 0 Å². The maximum absolute atomic E-state index is 13.2. The van der Waals surface area contributed by atoms with Crippen LogP contribution >= 0.6 is 21.8 Å². The van der Waals surface area contributed by atoms with Crippen LogP contribution in [0.5, 0.6) is 5.75 Å². The van der Waals surface area contributed by atoms with Crippen LogP contribution in [0.4, 0.5) is 32.6 Å². The van der Waals surface area contributed by atoms with E-state index in [0.717, 1.165) is 13.8 Å². The van der Waals surface area contributed by atoms with E-state index in [1.807, 2.05) is 0 Å². The van der Waals surface area contributed by atoms with Gasteiger partial charge in [-0.15, -0.1) is 0 Å². The van der Waals surface area contributed by atoms with E-state index in [9.17, 15) is 37.4 Å². The minimum absolute atomic E-state index is 0.00812. The number of benzene rings is 1. The predicted molar refractivity (Wildman–Crippen MR) is 82.4 cm³/mol. The van der Waals surface area contributed by atoms with Crippen molar-refractivity contribution in [2.45, 2.75) is 36.6 Å². The molecule has 0 radical (unpaired) electrons. The van der Waals surface area contributed by atoms with Gasteiger partial charge >= 0.3 is 22.4 Å². The fourth-order valence-corrected chi connectivity index (χ4v) is 3.14. The van der Waals surface area contributed by atoms with Crippen molar-refractivity contribution in [3.8, 4) is 5.75 Å². The van der Waals surface area contributed by atoms with E-state index in [-0.39, 0.29) is 12.1 Å². The third kappa shape index (κ3) is 4.78. The van der Waals surface area contributed by atoms with E-state index in [2.05, 4.69) is 9.47 Å². The van der Waals surface area contributed by atoms with E-state index < -0.39 is 61.4 Å². The largest absolute Gasteiger partial charge is 0.475 e. The van der Waals surface area contributed by atoms with Crippen LogP contribution in [0.25, 0.3) is 6.08 Å². The van der Waals surface area contributed by atoms with Gasteiger partial charge in [0.25, 0.3) is 0 Å². The first kappa shape index (κ1) is 21.6. The molecule has 0 amide bonds. The number of carbonyl (C=O) groups excluding carboxylic acids is 1. The van der Waals surface area contributed by atoms with Crippen molar-refractivity contribution in [1.29, 1.82) is 0 Å². The number of ether oxygens (including phenoxy) is 2. The van der Waals surface area contributed by atoms with Gasteiger partial charge in [0.1, 0.15) is 10.6 Å². The summed E-state index contributed by atoms with van der Waals surface area (Å²) in [5.41, 5.74) is -3.96. The molecule has 154 valence electrons. The molecule has 0 aliphatic carbocycles. The highest BCUT2D eigenvalue weighted by Crippen LogP contribution is 3.02. The Labute approximate surface area is 152 Å². The van der Waals surface area contributed by atoms with Gasteiger partial charge < -0.3 is 9.47 Å². The smallest absolute Gasteiger partial charge is 0.430 e. The molecule has 1 aromatic rings. The summed E-state index contributed by atoms with van der Waals surface area (Å²) in [6.45, 7) is 1.98. The molecule has 0 bridgehead atoms. The second-order valence-electron chi connectivity index (χ2n) is 5.71. The lowest BCUT2D eigenvalue weighted by atomic mass is 9.99. The number of aryl methyl sites for hydroxylation is 1. The Hall–Kier alpha value is -1.69. The van der Waals surface area contributed by atoms with Crippen molar-refractivity contribution in [2.75, 3.05) is 0 Å². The molecule has 2 atom stereocenters. The highest BCUT2D eigenvalue weighted by molar-refractivity contribution is 8.45. The molecular weight excluding hydrogens is 436 g/mol. The predicted octanol–water partition coefficient (Wildman–Crippen LogP) is 6.49. The van der Waals surface area contributed by atoms with Gasteiger partial charge in [-0.1, -0.05) is 31.0 Å². The number of fused-ring (bicyclic) bond motifs is 1. The van der Waals surface area contributed by atoms with Crippen molar-refractivity contribution < 1.29 is 46.9 Å². The molecule has 0 spiro atoms. The van der Waals surface area contributed by atoms with Crippen molar-refractivity contribution in [3.63, 3.8) is 0 Å². The summed E-state index contributed by atoms with van der Waals surface area (Å²) in [7, 11) is -10.1. The standard InChI is InChI=1S/C14H11ClF8O3S/c1-6-3-9(27(19,20,21,22)23)4-8-5-10(13(24)25-7(2)15)12(14(16,17)18)26-11(6)8/h3-5,7,12H,1-2H3/t7?,12-/m0/s1. The highest BCUT2D eigenvalue weighted by Gasteiger charge is 2.65. The number of rotatable bonds is 3. The Bertz CT molecular complexity index is 830. The summed E-state index contributed by atoms with van der Waals surface area (Å²) >= 11 is 5.37. The van der Waals surface area contributed by atoms with Gasteiger partial charge in [-0.2, -0.15) is 13.2 Å². The summed E-state index contributed by atoms with van der Waals surface area (Å²) in [5.74, 6) is -2.32. The zero-order chi connectivity index (χ0) is 21.1. The van der Waals surface area contributed by atoms with Crippen LogP contribution in [-0.4, -0.2) is 23.8 Å². The first-order valence-electron chi connectivity index (χ1n) is 6.98. The molecule has 2 rings (SSSR count). The molecule has 1 aliphatic rings. The molecule has 1 heterocycles. The monoisotopic (exact) mass is 446 g/mol. The van der Waals surface area contributed by atoms with Gasteiger partial charge in [0.15, 0.2) is 5.56 Å². The molecule has 0 N–H and O–H groups in total. The van der Waals surface area contributed by atoms with Gasteiger partial charge in [-0.05, 0) is 37.6 Å². The number of carbonyl (C=O) groups is 1. The van der Waals surface area contributed by atoms with Crippen LogP contribution in [0, 0.1) is 6.92 Å². The van der Waals surface area contributed by atoms with Crippen molar-refractivity contribution in [2.24, 2.45) is 0 Å². The normalized spacial score (nSPS) is 21.1. The molecule has 3 nitrogen and oxygen atoms in total. The number of hydrogen-bond donors (Lipinski definition) is 0. The quantitative estimate of drug-likeness (QED) is 0.302. The van der Waals surface area contributed by atoms with Crippen LogP contribution < -0.4 is 4.74 Å². The van der Waals surface area contributed by atoms with Crippen LogP contribution in [-0.2, 0) is 9.53 Å². The van der Waals surface area contributed by atoms with Crippen molar-refractivity contribution in [3.05, 3.63) is 28.8 Å². The third-order valence-corrected chi connectivity index (χ3v) is 4.57. The third-order valence-electron chi connectivity index (χ3n) is 3.35. The van der Waals surface area contributed by atoms with Crippen LogP contribution in [0.3, 0.4) is 0 Å². The second kappa shape index (κ2) is 5.66. The molecule has 1 aromatic carbocycles. The fraction of sp³-hybridized carbons (Fsp3) is 0.357.